The molecule has 0 aliphatic carbocycles. The van der Waals surface area contributed by atoms with E-state index in [4.69, 9.17) is 4.74 Å². The standard InChI is InChI=1S/C19H12BrFO2/c20-16-12-14(13-6-2-1-3-7-13)10-11-18(16)23-19(22)15-8-4-5-9-17(15)21/h1-12H. The Bertz CT molecular complexity index is 847. The van der Waals surface area contributed by atoms with Gasteiger partial charge < -0.3 is 4.74 Å². The fourth-order valence-electron chi connectivity index (χ4n) is 2.18. The van der Waals surface area contributed by atoms with Crippen LogP contribution in [0.15, 0.2) is 77.3 Å². The maximum absolute atomic E-state index is 13.6. The van der Waals surface area contributed by atoms with Crippen LogP contribution in [0.2, 0.25) is 0 Å². The third-order valence-electron chi connectivity index (χ3n) is 3.34. The first-order valence-corrected chi connectivity index (χ1v) is 7.76. The van der Waals surface area contributed by atoms with E-state index in [9.17, 15) is 9.18 Å². The highest BCUT2D eigenvalue weighted by Crippen LogP contribution is 2.31. The molecule has 2 nitrogen and oxygen atoms in total. The molecule has 3 aromatic carbocycles. The lowest BCUT2D eigenvalue weighted by molar-refractivity contribution is 0.0728. The molecule has 0 saturated carbocycles. The summed E-state index contributed by atoms with van der Waals surface area (Å²) in [6.07, 6.45) is 0. The summed E-state index contributed by atoms with van der Waals surface area (Å²) in [5.74, 6) is -0.983. The van der Waals surface area contributed by atoms with Crippen molar-refractivity contribution in [3.63, 3.8) is 0 Å². The van der Waals surface area contributed by atoms with E-state index in [0.717, 1.165) is 11.1 Å². The van der Waals surface area contributed by atoms with Crippen molar-refractivity contribution >= 4 is 21.9 Å². The molecule has 4 heteroatoms. The van der Waals surface area contributed by atoms with Crippen molar-refractivity contribution in [1.82, 2.24) is 0 Å². The van der Waals surface area contributed by atoms with E-state index in [0.29, 0.717) is 10.2 Å². The highest BCUT2D eigenvalue weighted by Gasteiger charge is 2.15. The number of benzene rings is 3. The third-order valence-corrected chi connectivity index (χ3v) is 3.96. The van der Waals surface area contributed by atoms with Gasteiger partial charge in [0.05, 0.1) is 10.0 Å². The molecule has 0 aromatic heterocycles. The minimum atomic E-state index is -0.726. The predicted molar refractivity (Wildman–Crippen MR) is 90.9 cm³/mol. The van der Waals surface area contributed by atoms with Crippen LogP contribution >= 0.6 is 15.9 Å². The van der Waals surface area contributed by atoms with Gasteiger partial charge in [0, 0.05) is 0 Å². The molecule has 23 heavy (non-hydrogen) atoms. The fourth-order valence-corrected chi connectivity index (χ4v) is 2.64. The molecule has 0 heterocycles. The second-order valence-corrected chi connectivity index (χ2v) is 5.73. The number of esters is 1. The summed E-state index contributed by atoms with van der Waals surface area (Å²) < 4.78 is 19.5. The van der Waals surface area contributed by atoms with Gasteiger partial charge in [0.1, 0.15) is 11.6 Å². The zero-order chi connectivity index (χ0) is 16.2. The SMILES string of the molecule is O=C(Oc1ccc(-c2ccccc2)cc1Br)c1ccccc1F. The van der Waals surface area contributed by atoms with Gasteiger partial charge in [-0.25, -0.2) is 9.18 Å². The van der Waals surface area contributed by atoms with Gasteiger partial charge in [-0.1, -0.05) is 48.5 Å². The molecule has 0 spiro atoms. The highest BCUT2D eigenvalue weighted by atomic mass is 79.9. The van der Waals surface area contributed by atoms with Crippen LogP contribution in [-0.4, -0.2) is 5.97 Å². The number of carbonyl (C=O) groups excluding carboxylic acids is 1. The molecule has 0 N–H and O–H groups in total. The quantitative estimate of drug-likeness (QED) is 0.451. The largest absolute Gasteiger partial charge is 0.422 e. The summed E-state index contributed by atoms with van der Waals surface area (Å²) >= 11 is 3.39. The van der Waals surface area contributed by atoms with Gasteiger partial charge in [-0.3, -0.25) is 0 Å². The minimum Gasteiger partial charge on any atom is -0.422 e. The van der Waals surface area contributed by atoms with E-state index in [1.54, 1.807) is 12.1 Å². The van der Waals surface area contributed by atoms with Crippen molar-refractivity contribution in [2.45, 2.75) is 0 Å². The number of hydrogen-bond donors (Lipinski definition) is 0. The molecule has 0 amide bonds. The first kappa shape index (κ1) is 15.4. The van der Waals surface area contributed by atoms with E-state index in [-0.39, 0.29) is 5.56 Å². The normalized spacial score (nSPS) is 10.3. The molecule has 0 fully saturated rings. The Morgan fingerprint density at radius 1 is 0.870 bits per heavy atom. The lowest BCUT2D eigenvalue weighted by atomic mass is 10.1. The first-order valence-electron chi connectivity index (χ1n) is 6.97. The summed E-state index contributed by atoms with van der Waals surface area (Å²) in [6.45, 7) is 0. The summed E-state index contributed by atoms with van der Waals surface area (Å²) in [7, 11) is 0. The Morgan fingerprint density at radius 2 is 1.57 bits per heavy atom. The third kappa shape index (κ3) is 3.48. The van der Waals surface area contributed by atoms with Crippen LogP contribution in [0.25, 0.3) is 11.1 Å². The van der Waals surface area contributed by atoms with Crippen molar-refractivity contribution in [2.75, 3.05) is 0 Å². The average molecular weight is 371 g/mol. The molecular formula is C19H12BrFO2. The number of carbonyl (C=O) groups is 1. The minimum absolute atomic E-state index is 0.0912. The molecule has 0 radical (unpaired) electrons. The average Bonchev–Trinajstić information content (AvgIpc) is 2.58. The van der Waals surface area contributed by atoms with E-state index < -0.39 is 11.8 Å². The van der Waals surface area contributed by atoms with Crippen LogP contribution in [0.1, 0.15) is 10.4 Å². The smallest absolute Gasteiger partial charge is 0.346 e. The summed E-state index contributed by atoms with van der Waals surface area (Å²) in [6, 6.07) is 21.0. The number of ether oxygens (including phenoxy) is 1. The Balaban J connectivity index is 1.85. The molecule has 3 rings (SSSR count). The Morgan fingerprint density at radius 3 is 2.26 bits per heavy atom. The zero-order valence-electron chi connectivity index (χ0n) is 12.0. The second kappa shape index (κ2) is 6.75. The van der Waals surface area contributed by atoms with Crippen molar-refractivity contribution in [3.05, 3.63) is 88.6 Å². The maximum atomic E-state index is 13.6. The first-order chi connectivity index (χ1) is 11.1. The Labute approximate surface area is 141 Å². The molecule has 0 unspecified atom stereocenters. The second-order valence-electron chi connectivity index (χ2n) is 4.88. The summed E-state index contributed by atoms with van der Waals surface area (Å²) in [5, 5.41) is 0. The van der Waals surface area contributed by atoms with Gasteiger partial charge in [-0.15, -0.1) is 0 Å². The van der Waals surface area contributed by atoms with E-state index in [1.165, 1.54) is 18.2 Å². The number of rotatable bonds is 3. The topological polar surface area (TPSA) is 26.3 Å². The predicted octanol–water partition coefficient (Wildman–Crippen LogP) is 5.47. The van der Waals surface area contributed by atoms with Gasteiger partial charge in [0.25, 0.3) is 0 Å². The van der Waals surface area contributed by atoms with Gasteiger partial charge in [-0.2, -0.15) is 0 Å². The summed E-state index contributed by atoms with van der Waals surface area (Å²) in [5.41, 5.74) is 1.95. The molecule has 3 aromatic rings. The molecule has 0 bridgehead atoms. The van der Waals surface area contributed by atoms with Crippen LogP contribution in [-0.2, 0) is 0 Å². The van der Waals surface area contributed by atoms with E-state index in [1.807, 2.05) is 42.5 Å². The van der Waals surface area contributed by atoms with Gasteiger partial charge >= 0.3 is 5.97 Å². The van der Waals surface area contributed by atoms with Crippen LogP contribution in [0, 0.1) is 5.82 Å². The lowest BCUT2D eigenvalue weighted by Gasteiger charge is -2.09. The van der Waals surface area contributed by atoms with Crippen molar-refractivity contribution < 1.29 is 13.9 Å². The van der Waals surface area contributed by atoms with Crippen molar-refractivity contribution in [1.29, 1.82) is 0 Å². The maximum Gasteiger partial charge on any atom is 0.346 e. The number of halogens is 2. The van der Waals surface area contributed by atoms with Crippen LogP contribution in [0.4, 0.5) is 4.39 Å². The highest BCUT2D eigenvalue weighted by molar-refractivity contribution is 9.10. The Kier molecular flexibility index (Phi) is 4.53. The van der Waals surface area contributed by atoms with E-state index >= 15 is 0 Å². The van der Waals surface area contributed by atoms with Crippen molar-refractivity contribution in [3.8, 4) is 16.9 Å². The molecule has 0 aliphatic rings. The van der Waals surface area contributed by atoms with Crippen molar-refractivity contribution in [2.24, 2.45) is 0 Å². The lowest BCUT2D eigenvalue weighted by Crippen LogP contribution is -2.10. The fraction of sp³-hybridized carbons (Fsp3) is 0. The number of hydrogen-bond acceptors (Lipinski definition) is 2. The van der Waals surface area contributed by atoms with E-state index in [2.05, 4.69) is 15.9 Å². The molecule has 0 saturated heterocycles. The van der Waals surface area contributed by atoms with Crippen LogP contribution < -0.4 is 4.74 Å². The molecule has 0 aliphatic heterocycles. The van der Waals surface area contributed by atoms with Crippen LogP contribution in [0.5, 0.6) is 5.75 Å². The molecular weight excluding hydrogens is 359 g/mol. The van der Waals surface area contributed by atoms with Gasteiger partial charge in [0.2, 0.25) is 0 Å². The van der Waals surface area contributed by atoms with Gasteiger partial charge in [-0.05, 0) is 51.3 Å². The van der Waals surface area contributed by atoms with Gasteiger partial charge in [0.15, 0.2) is 0 Å². The monoisotopic (exact) mass is 370 g/mol. The molecule has 0 atom stereocenters. The zero-order valence-corrected chi connectivity index (χ0v) is 13.6. The summed E-state index contributed by atoms with van der Waals surface area (Å²) in [4.78, 5) is 12.1. The Hall–Kier alpha value is -2.46. The molecule has 114 valence electrons. The van der Waals surface area contributed by atoms with Crippen LogP contribution in [0.3, 0.4) is 0 Å².